The molecule has 0 radical (unpaired) electrons. The number of fused-ring (bicyclic) bond motifs is 1. The van der Waals surface area contributed by atoms with E-state index in [9.17, 15) is 9.59 Å². The van der Waals surface area contributed by atoms with E-state index in [0.29, 0.717) is 12.0 Å². The van der Waals surface area contributed by atoms with Crippen molar-refractivity contribution < 1.29 is 14.7 Å². The number of carboxylic acid groups (broad SMARTS) is 1. The largest absolute Gasteiger partial charge is 0.481 e. The minimum Gasteiger partial charge on any atom is -0.481 e. The van der Waals surface area contributed by atoms with E-state index in [2.05, 4.69) is 10.6 Å². The lowest BCUT2D eigenvalue weighted by Gasteiger charge is -2.20. The quantitative estimate of drug-likeness (QED) is 0.752. The Morgan fingerprint density at radius 3 is 2.95 bits per heavy atom. The maximum atomic E-state index is 12.3. The monoisotopic (exact) mass is 290 g/mol. The van der Waals surface area contributed by atoms with Crippen LogP contribution in [0.3, 0.4) is 0 Å². The van der Waals surface area contributed by atoms with Gasteiger partial charge in [-0.15, -0.1) is 0 Å². The number of anilines is 1. The molecule has 0 saturated carbocycles. The lowest BCUT2D eigenvalue weighted by Crippen LogP contribution is -2.36. The Kier molecular flexibility index (Phi) is 5.20. The molecule has 5 heteroatoms. The molecule has 5 nitrogen and oxygen atoms in total. The molecule has 0 aliphatic carbocycles. The van der Waals surface area contributed by atoms with Gasteiger partial charge in [-0.3, -0.25) is 9.59 Å². The second-order valence-electron chi connectivity index (χ2n) is 5.46. The van der Waals surface area contributed by atoms with Crippen LogP contribution in [-0.2, 0) is 11.2 Å². The summed E-state index contributed by atoms with van der Waals surface area (Å²) < 4.78 is 0. The first-order chi connectivity index (χ1) is 10.1. The number of aliphatic carboxylic acids is 1. The molecule has 1 amide bonds. The highest BCUT2D eigenvalue weighted by Gasteiger charge is 2.17. The molecule has 3 N–H and O–H groups in total. The van der Waals surface area contributed by atoms with Crippen LogP contribution in [0.1, 0.15) is 48.5 Å². The van der Waals surface area contributed by atoms with E-state index >= 15 is 0 Å². The lowest BCUT2D eigenvalue weighted by atomic mass is 10.00. The fourth-order valence-corrected chi connectivity index (χ4v) is 2.67. The van der Waals surface area contributed by atoms with E-state index in [1.165, 1.54) is 0 Å². The van der Waals surface area contributed by atoms with E-state index in [4.69, 9.17) is 5.11 Å². The van der Waals surface area contributed by atoms with Gasteiger partial charge < -0.3 is 15.7 Å². The summed E-state index contributed by atoms with van der Waals surface area (Å²) in [6.07, 6.45) is 3.51. The molecule has 1 atom stereocenters. The van der Waals surface area contributed by atoms with Crippen molar-refractivity contribution >= 4 is 17.6 Å². The minimum absolute atomic E-state index is 0.0356. The maximum Gasteiger partial charge on any atom is 0.305 e. The summed E-state index contributed by atoms with van der Waals surface area (Å²) in [5.41, 5.74) is 2.84. The summed E-state index contributed by atoms with van der Waals surface area (Å²) in [6, 6.07) is 5.31. The summed E-state index contributed by atoms with van der Waals surface area (Å²) in [7, 11) is 0. The fourth-order valence-electron chi connectivity index (χ4n) is 2.67. The van der Waals surface area contributed by atoms with Gasteiger partial charge in [0, 0.05) is 23.8 Å². The van der Waals surface area contributed by atoms with Crippen molar-refractivity contribution in [3.05, 3.63) is 29.3 Å². The van der Waals surface area contributed by atoms with Crippen LogP contribution >= 0.6 is 0 Å². The molecule has 21 heavy (non-hydrogen) atoms. The van der Waals surface area contributed by atoms with Gasteiger partial charge in [0.05, 0.1) is 6.42 Å². The Hall–Kier alpha value is -2.04. The highest BCUT2D eigenvalue weighted by atomic mass is 16.4. The first-order valence-corrected chi connectivity index (χ1v) is 7.49. The van der Waals surface area contributed by atoms with Gasteiger partial charge in [0.25, 0.3) is 5.91 Å². The van der Waals surface area contributed by atoms with Gasteiger partial charge in [-0.25, -0.2) is 0 Å². The molecular formula is C16H22N2O3. The second-order valence-corrected chi connectivity index (χ2v) is 5.46. The maximum absolute atomic E-state index is 12.3. The van der Waals surface area contributed by atoms with Crippen molar-refractivity contribution in [3.8, 4) is 0 Å². The second kappa shape index (κ2) is 7.11. The van der Waals surface area contributed by atoms with Crippen molar-refractivity contribution in [1.29, 1.82) is 0 Å². The zero-order chi connectivity index (χ0) is 15.2. The number of benzene rings is 1. The minimum atomic E-state index is -0.886. The van der Waals surface area contributed by atoms with Crippen LogP contribution in [0.25, 0.3) is 0 Å². The third-order valence-electron chi connectivity index (χ3n) is 3.70. The number of carbonyl (C=O) groups excluding carboxylic acids is 1. The summed E-state index contributed by atoms with van der Waals surface area (Å²) in [5, 5.41) is 15.0. The van der Waals surface area contributed by atoms with Gasteiger partial charge in [0.1, 0.15) is 0 Å². The molecule has 0 bridgehead atoms. The summed E-state index contributed by atoms with van der Waals surface area (Å²) in [5.74, 6) is -1.08. The molecular weight excluding hydrogens is 268 g/mol. The molecule has 1 aromatic rings. The number of rotatable bonds is 6. The van der Waals surface area contributed by atoms with E-state index in [1.54, 1.807) is 6.07 Å². The van der Waals surface area contributed by atoms with Crippen molar-refractivity contribution in [2.75, 3.05) is 11.9 Å². The molecule has 1 heterocycles. The molecule has 0 fully saturated rings. The molecule has 1 aromatic carbocycles. The van der Waals surface area contributed by atoms with Crippen LogP contribution in [0, 0.1) is 0 Å². The van der Waals surface area contributed by atoms with Crippen molar-refractivity contribution in [3.63, 3.8) is 0 Å². The van der Waals surface area contributed by atoms with E-state index in [0.717, 1.165) is 37.1 Å². The third kappa shape index (κ3) is 4.21. The Labute approximate surface area is 124 Å². The number of carboxylic acids is 1. The third-order valence-corrected chi connectivity index (χ3v) is 3.70. The molecule has 1 unspecified atom stereocenters. The smallest absolute Gasteiger partial charge is 0.305 e. The van der Waals surface area contributed by atoms with E-state index < -0.39 is 5.97 Å². The van der Waals surface area contributed by atoms with Crippen molar-refractivity contribution in [2.45, 2.75) is 45.1 Å². The molecule has 0 aromatic heterocycles. The topological polar surface area (TPSA) is 78.4 Å². The van der Waals surface area contributed by atoms with Gasteiger partial charge in [-0.05, 0) is 43.0 Å². The summed E-state index contributed by atoms with van der Waals surface area (Å²) in [6.45, 7) is 2.95. The average Bonchev–Trinajstić information content (AvgIpc) is 2.46. The number of amides is 1. The molecule has 114 valence electrons. The normalized spacial score (nSPS) is 14.7. The number of nitrogens with one attached hydrogen (secondary N) is 2. The van der Waals surface area contributed by atoms with Crippen LogP contribution in [0.2, 0.25) is 0 Å². The lowest BCUT2D eigenvalue weighted by molar-refractivity contribution is -0.137. The summed E-state index contributed by atoms with van der Waals surface area (Å²) >= 11 is 0. The Bertz CT molecular complexity index is 528. The summed E-state index contributed by atoms with van der Waals surface area (Å²) in [4.78, 5) is 23.1. The number of aryl methyl sites for hydroxylation is 1. The van der Waals surface area contributed by atoms with Crippen LogP contribution in [-0.4, -0.2) is 29.6 Å². The molecule has 0 spiro atoms. The van der Waals surface area contributed by atoms with Crippen LogP contribution in [0.5, 0.6) is 0 Å². The zero-order valence-electron chi connectivity index (χ0n) is 12.3. The SMILES string of the molecule is CCCC(CC(=O)O)NC(=O)c1ccc2c(c1)CCCN2. The number of carbonyl (C=O) groups is 2. The number of hydrogen-bond acceptors (Lipinski definition) is 3. The van der Waals surface area contributed by atoms with E-state index in [-0.39, 0.29) is 18.4 Å². The van der Waals surface area contributed by atoms with Gasteiger partial charge in [-0.1, -0.05) is 13.3 Å². The van der Waals surface area contributed by atoms with Crippen molar-refractivity contribution in [2.24, 2.45) is 0 Å². The highest BCUT2D eigenvalue weighted by Crippen LogP contribution is 2.23. The molecule has 0 saturated heterocycles. The Morgan fingerprint density at radius 1 is 1.43 bits per heavy atom. The van der Waals surface area contributed by atoms with Crippen molar-refractivity contribution in [1.82, 2.24) is 5.32 Å². The van der Waals surface area contributed by atoms with Crippen LogP contribution < -0.4 is 10.6 Å². The Morgan fingerprint density at radius 2 is 2.24 bits per heavy atom. The predicted octanol–water partition coefficient (Wildman–Crippen LogP) is 2.42. The highest BCUT2D eigenvalue weighted by molar-refractivity contribution is 5.95. The molecule has 1 aliphatic heterocycles. The van der Waals surface area contributed by atoms with Gasteiger partial charge in [0.15, 0.2) is 0 Å². The van der Waals surface area contributed by atoms with E-state index in [1.807, 2.05) is 19.1 Å². The zero-order valence-corrected chi connectivity index (χ0v) is 12.3. The predicted molar refractivity (Wildman–Crippen MR) is 81.7 cm³/mol. The molecule has 2 rings (SSSR count). The number of hydrogen-bond donors (Lipinski definition) is 3. The van der Waals surface area contributed by atoms with Gasteiger partial charge >= 0.3 is 5.97 Å². The van der Waals surface area contributed by atoms with Crippen LogP contribution in [0.15, 0.2) is 18.2 Å². The average molecular weight is 290 g/mol. The first kappa shape index (κ1) is 15.4. The first-order valence-electron chi connectivity index (χ1n) is 7.49. The fraction of sp³-hybridized carbons (Fsp3) is 0.500. The van der Waals surface area contributed by atoms with Crippen LogP contribution in [0.4, 0.5) is 5.69 Å². The van der Waals surface area contributed by atoms with Gasteiger partial charge in [-0.2, -0.15) is 0 Å². The Balaban J connectivity index is 2.06. The molecule has 1 aliphatic rings. The van der Waals surface area contributed by atoms with Gasteiger partial charge in [0.2, 0.25) is 0 Å². The standard InChI is InChI=1S/C16H22N2O3/c1-2-4-13(10-15(19)20)18-16(21)12-6-7-14-11(9-12)5-3-8-17-14/h6-7,9,13,17H,2-5,8,10H2,1H3,(H,18,21)(H,19,20).